The maximum absolute atomic E-state index is 10.4. The number of hydrogen-bond donors (Lipinski definition) is 2. The van der Waals surface area contributed by atoms with Crippen LogP contribution in [0.3, 0.4) is 0 Å². The smallest absolute Gasteiger partial charge is 0.0721 e. The molecule has 0 aromatic heterocycles. The highest BCUT2D eigenvalue weighted by molar-refractivity contribution is 5.88. The summed E-state index contributed by atoms with van der Waals surface area (Å²) in [5.74, 6) is -0.409. The normalized spacial score (nSPS) is 23.5. The number of carbonyl (C=O) groups excluding carboxylic acids is 1. The predicted octanol–water partition coefficient (Wildman–Crippen LogP) is 3.43. The summed E-state index contributed by atoms with van der Waals surface area (Å²) in [4.78, 5) is 10.4. The first-order chi connectivity index (χ1) is 12.1. The lowest BCUT2D eigenvalue weighted by atomic mass is 9.89. The number of aliphatic carboxylic acids is 1. The van der Waals surface area contributed by atoms with Crippen molar-refractivity contribution in [3.63, 3.8) is 0 Å². The van der Waals surface area contributed by atoms with Gasteiger partial charge >= 0.3 is 0 Å². The first-order valence-electron chi connectivity index (χ1n) is 9.85. The van der Waals surface area contributed by atoms with Crippen LogP contribution in [-0.2, 0) is 4.79 Å². The van der Waals surface area contributed by atoms with Gasteiger partial charge < -0.3 is 20.2 Å². The van der Waals surface area contributed by atoms with Gasteiger partial charge in [-0.05, 0) is 44.4 Å². The van der Waals surface area contributed by atoms with Crippen molar-refractivity contribution in [2.45, 2.75) is 90.1 Å². The largest absolute Gasteiger partial charge is 0.550 e. The Labute approximate surface area is 151 Å². The summed E-state index contributed by atoms with van der Waals surface area (Å²) in [6.07, 6.45) is 14.2. The van der Waals surface area contributed by atoms with Gasteiger partial charge in [0, 0.05) is 11.9 Å². The maximum Gasteiger partial charge on any atom is 0.0721 e. The van der Waals surface area contributed by atoms with Crippen LogP contribution in [0.5, 0.6) is 0 Å². The molecule has 3 atom stereocenters. The van der Waals surface area contributed by atoms with Gasteiger partial charge in [0.15, 0.2) is 0 Å². The fraction of sp³-hybridized carbons (Fsp3) is 0.800. The van der Waals surface area contributed by atoms with E-state index < -0.39 is 5.97 Å². The number of allylic oxidation sites excluding steroid dienone is 1. The van der Waals surface area contributed by atoms with E-state index in [-0.39, 0.29) is 18.4 Å². The van der Waals surface area contributed by atoms with Crippen molar-refractivity contribution in [1.29, 1.82) is 0 Å². The molecule has 144 valence electrons. The van der Waals surface area contributed by atoms with Crippen LogP contribution in [-0.4, -0.2) is 28.1 Å². The molecule has 0 heterocycles. The highest BCUT2D eigenvalue weighted by Crippen LogP contribution is 2.34. The van der Waals surface area contributed by atoms with E-state index in [0.29, 0.717) is 12.3 Å². The summed E-state index contributed by atoms with van der Waals surface area (Å²) in [5.41, 5.74) is 0.866. The van der Waals surface area contributed by atoms with Crippen LogP contribution in [0.25, 0.3) is 0 Å². The third-order valence-corrected chi connectivity index (χ3v) is 5.14. The van der Waals surface area contributed by atoms with Crippen LogP contribution in [0.1, 0.15) is 84.0 Å². The summed E-state index contributed by atoms with van der Waals surface area (Å²) in [6.45, 7) is 2.15. The Hall–Kier alpha value is -1.36. The molecular weight excluding hydrogens is 318 g/mol. The summed E-state index contributed by atoms with van der Waals surface area (Å²) in [6, 6.07) is 0. The number of carboxylic acid groups (broad SMARTS) is 1. The molecule has 1 aliphatic rings. The number of rotatable bonds is 13. The molecular formula is C20H34NO4-. The van der Waals surface area contributed by atoms with Gasteiger partial charge in [-0.15, -0.1) is 0 Å². The van der Waals surface area contributed by atoms with Crippen molar-refractivity contribution in [2.75, 3.05) is 0 Å². The molecule has 2 N–H and O–H groups in total. The average molecular weight is 352 g/mol. The Morgan fingerprint density at radius 2 is 2.04 bits per heavy atom. The van der Waals surface area contributed by atoms with E-state index >= 15 is 0 Å². The van der Waals surface area contributed by atoms with Gasteiger partial charge in [-0.25, -0.2) is 0 Å². The number of carbonyl (C=O) groups is 1. The van der Waals surface area contributed by atoms with Crippen LogP contribution in [0.15, 0.2) is 17.3 Å². The summed E-state index contributed by atoms with van der Waals surface area (Å²) < 4.78 is 0. The van der Waals surface area contributed by atoms with Gasteiger partial charge in [0.2, 0.25) is 0 Å². The Balaban J connectivity index is 2.38. The van der Waals surface area contributed by atoms with Gasteiger partial charge in [-0.2, -0.15) is 0 Å². The van der Waals surface area contributed by atoms with E-state index in [1.54, 1.807) is 0 Å². The van der Waals surface area contributed by atoms with Crippen molar-refractivity contribution < 1.29 is 20.2 Å². The Morgan fingerprint density at radius 1 is 1.28 bits per heavy atom. The van der Waals surface area contributed by atoms with Crippen LogP contribution >= 0.6 is 0 Å². The molecule has 0 aromatic carbocycles. The molecule has 1 rings (SSSR count). The number of aliphatic hydroxyl groups is 1. The molecule has 0 radical (unpaired) electrons. The van der Waals surface area contributed by atoms with Gasteiger partial charge in [0.25, 0.3) is 0 Å². The molecule has 1 saturated carbocycles. The molecule has 0 saturated heterocycles. The minimum absolute atomic E-state index is 0.133. The number of hydrogen-bond acceptors (Lipinski definition) is 5. The minimum atomic E-state index is -0.979. The fourth-order valence-electron chi connectivity index (χ4n) is 3.64. The SMILES string of the molecule is CCCCC[C@H](O)/C=C/[C@@H]1CC/C(=N\O)[C@H]1CCCCCCC(=O)[O-]. The lowest BCUT2D eigenvalue weighted by Gasteiger charge is -2.17. The molecule has 25 heavy (non-hydrogen) atoms. The third-order valence-electron chi connectivity index (χ3n) is 5.14. The molecule has 1 aliphatic carbocycles. The predicted molar refractivity (Wildman–Crippen MR) is 97.4 cm³/mol. The molecule has 0 aromatic rings. The van der Waals surface area contributed by atoms with Crippen molar-refractivity contribution in [2.24, 2.45) is 17.0 Å². The van der Waals surface area contributed by atoms with Crippen molar-refractivity contribution in [3.05, 3.63) is 12.2 Å². The number of carboxylic acids is 1. The number of unbranched alkanes of at least 4 members (excludes halogenated alkanes) is 5. The number of aliphatic hydroxyl groups excluding tert-OH is 1. The van der Waals surface area contributed by atoms with Crippen LogP contribution in [0, 0.1) is 11.8 Å². The minimum Gasteiger partial charge on any atom is -0.550 e. The zero-order valence-electron chi connectivity index (χ0n) is 15.5. The Kier molecular flexibility index (Phi) is 11.2. The van der Waals surface area contributed by atoms with Crippen molar-refractivity contribution >= 4 is 11.7 Å². The second kappa shape index (κ2) is 12.9. The van der Waals surface area contributed by atoms with E-state index in [0.717, 1.165) is 69.9 Å². The van der Waals surface area contributed by atoms with Crippen LogP contribution in [0.4, 0.5) is 0 Å². The standard InChI is InChI=1S/C20H35NO4/c1-2-3-6-9-17(22)14-12-16-13-15-19(21-25)18(16)10-7-4-5-8-11-20(23)24/h12,14,16-18,22,25H,2-11,13,15H2,1H3,(H,23,24)/p-1/b14-12+,21-19+/t16-,17+,18+/m1/s1. The molecule has 5 nitrogen and oxygen atoms in total. The van der Waals surface area contributed by atoms with Crippen molar-refractivity contribution in [3.8, 4) is 0 Å². The number of oxime groups is 1. The lowest BCUT2D eigenvalue weighted by molar-refractivity contribution is -0.305. The van der Waals surface area contributed by atoms with Gasteiger partial charge in [-0.3, -0.25) is 0 Å². The second-order valence-electron chi connectivity index (χ2n) is 7.17. The summed E-state index contributed by atoms with van der Waals surface area (Å²) in [5, 5.41) is 33.1. The first-order valence-corrected chi connectivity index (χ1v) is 9.85. The summed E-state index contributed by atoms with van der Waals surface area (Å²) in [7, 11) is 0. The van der Waals surface area contributed by atoms with Gasteiger partial charge in [-0.1, -0.05) is 62.8 Å². The lowest BCUT2D eigenvalue weighted by Crippen LogP contribution is -2.21. The zero-order chi connectivity index (χ0) is 18.5. The Bertz CT molecular complexity index is 433. The molecule has 0 unspecified atom stereocenters. The molecule has 0 bridgehead atoms. The maximum atomic E-state index is 10.4. The molecule has 5 heteroatoms. The van der Waals surface area contributed by atoms with Gasteiger partial charge in [0.05, 0.1) is 11.8 Å². The summed E-state index contributed by atoms with van der Waals surface area (Å²) >= 11 is 0. The highest BCUT2D eigenvalue weighted by Gasteiger charge is 2.31. The van der Waals surface area contributed by atoms with E-state index in [9.17, 15) is 20.2 Å². The quantitative estimate of drug-likeness (QED) is 0.230. The first kappa shape index (κ1) is 21.7. The molecule has 0 aliphatic heterocycles. The van der Waals surface area contributed by atoms with E-state index in [1.807, 2.05) is 6.08 Å². The average Bonchev–Trinajstić information content (AvgIpc) is 2.98. The van der Waals surface area contributed by atoms with E-state index in [1.165, 1.54) is 0 Å². The fourth-order valence-corrected chi connectivity index (χ4v) is 3.64. The van der Waals surface area contributed by atoms with Crippen LogP contribution in [0.2, 0.25) is 0 Å². The van der Waals surface area contributed by atoms with Crippen LogP contribution < -0.4 is 5.11 Å². The number of nitrogens with zero attached hydrogens (tertiary/aromatic N) is 1. The van der Waals surface area contributed by atoms with E-state index in [4.69, 9.17) is 0 Å². The molecule has 0 spiro atoms. The third kappa shape index (κ3) is 9.05. The zero-order valence-corrected chi connectivity index (χ0v) is 15.5. The monoisotopic (exact) mass is 352 g/mol. The van der Waals surface area contributed by atoms with Crippen molar-refractivity contribution in [1.82, 2.24) is 0 Å². The highest BCUT2D eigenvalue weighted by atomic mass is 16.4. The van der Waals surface area contributed by atoms with Gasteiger partial charge in [0.1, 0.15) is 0 Å². The topological polar surface area (TPSA) is 93.0 Å². The molecule has 0 amide bonds. The Morgan fingerprint density at radius 3 is 2.72 bits per heavy atom. The second-order valence-corrected chi connectivity index (χ2v) is 7.17. The molecule has 1 fully saturated rings. The van der Waals surface area contributed by atoms with E-state index in [2.05, 4.69) is 18.2 Å².